The summed E-state index contributed by atoms with van der Waals surface area (Å²) in [5, 5.41) is 0. The van der Waals surface area contributed by atoms with Gasteiger partial charge in [0.15, 0.2) is 0 Å². The highest BCUT2D eigenvalue weighted by Gasteiger charge is 2.32. The minimum atomic E-state index is -0.190. The molecule has 7 nitrogen and oxygen atoms in total. The summed E-state index contributed by atoms with van der Waals surface area (Å²) < 4.78 is 7.40. The molecular formula is C23H30N4O3S2. The Kier molecular flexibility index (Phi) is 8.84. The largest absolute Gasteiger partial charge is 0.382 e. The number of anilines is 1. The van der Waals surface area contributed by atoms with Crippen LogP contribution in [-0.2, 0) is 9.53 Å². The van der Waals surface area contributed by atoms with Crippen molar-refractivity contribution in [1.82, 2.24) is 14.3 Å². The molecule has 0 saturated carbocycles. The Hall–Kier alpha value is -2.23. The van der Waals surface area contributed by atoms with Gasteiger partial charge in [0, 0.05) is 39.0 Å². The van der Waals surface area contributed by atoms with E-state index in [2.05, 4.69) is 18.7 Å². The van der Waals surface area contributed by atoms with Crippen molar-refractivity contribution >= 4 is 51.7 Å². The molecule has 1 aliphatic rings. The Labute approximate surface area is 198 Å². The van der Waals surface area contributed by atoms with Crippen LogP contribution in [-0.4, -0.2) is 57.4 Å². The Morgan fingerprint density at radius 3 is 2.62 bits per heavy atom. The second-order valence-electron chi connectivity index (χ2n) is 7.45. The van der Waals surface area contributed by atoms with Crippen molar-refractivity contribution in [1.29, 1.82) is 0 Å². The molecule has 2 aromatic heterocycles. The van der Waals surface area contributed by atoms with Crippen LogP contribution in [0.5, 0.6) is 0 Å². The van der Waals surface area contributed by atoms with Gasteiger partial charge in [-0.15, -0.1) is 0 Å². The summed E-state index contributed by atoms with van der Waals surface area (Å²) >= 11 is 6.68. The number of thioether (sulfide) groups is 1. The van der Waals surface area contributed by atoms with Crippen molar-refractivity contribution in [2.24, 2.45) is 0 Å². The first-order valence-corrected chi connectivity index (χ1v) is 12.3. The fourth-order valence-corrected chi connectivity index (χ4v) is 4.91. The number of rotatable bonds is 11. The molecule has 1 aliphatic heterocycles. The van der Waals surface area contributed by atoms with E-state index in [9.17, 15) is 9.59 Å². The summed E-state index contributed by atoms with van der Waals surface area (Å²) in [5.74, 6) is 0.448. The van der Waals surface area contributed by atoms with E-state index in [1.54, 1.807) is 23.2 Å². The fourth-order valence-electron chi connectivity index (χ4n) is 3.61. The summed E-state index contributed by atoms with van der Waals surface area (Å²) in [6.07, 6.45) is 5.94. The highest BCUT2D eigenvalue weighted by Crippen LogP contribution is 2.33. The topological polar surface area (TPSA) is 67.2 Å². The third kappa shape index (κ3) is 5.39. The predicted molar refractivity (Wildman–Crippen MR) is 135 cm³/mol. The van der Waals surface area contributed by atoms with Crippen LogP contribution in [0.1, 0.15) is 45.6 Å². The number of thiocarbonyl (C=S) groups is 1. The molecule has 2 aromatic rings. The molecule has 0 atom stereocenters. The van der Waals surface area contributed by atoms with Crippen LogP contribution in [0.2, 0.25) is 0 Å². The quantitative estimate of drug-likeness (QED) is 0.278. The third-order valence-corrected chi connectivity index (χ3v) is 6.44. The smallest absolute Gasteiger partial charge is 0.267 e. The molecule has 3 rings (SSSR count). The van der Waals surface area contributed by atoms with Crippen LogP contribution in [0.25, 0.3) is 11.7 Å². The standard InChI is InChI=1S/C23H30N4O3S2/c1-4-11-25(12-5-2)20-17(21(28)26-13-8-7-10-19(26)24-20)16-18-22(29)27(23(31)32-18)14-9-15-30-6-3/h7-8,10,13,16H,4-6,9,11-12,14-15H2,1-3H3. The van der Waals surface area contributed by atoms with Crippen molar-refractivity contribution in [3.63, 3.8) is 0 Å². The molecule has 3 heterocycles. The van der Waals surface area contributed by atoms with Crippen LogP contribution in [0.4, 0.5) is 5.82 Å². The van der Waals surface area contributed by atoms with Gasteiger partial charge < -0.3 is 9.64 Å². The Morgan fingerprint density at radius 2 is 1.94 bits per heavy atom. The number of pyridine rings is 1. The molecule has 0 bridgehead atoms. The van der Waals surface area contributed by atoms with Crippen LogP contribution >= 0.6 is 24.0 Å². The zero-order valence-electron chi connectivity index (χ0n) is 18.9. The van der Waals surface area contributed by atoms with Crippen molar-refractivity contribution in [2.45, 2.75) is 40.0 Å². The fraction of sp³-hybridized carbons (Fsp3) is 0.478. The molecule has 0 aromatic carbocycles. The number of nitrogens with zero attached hydrogens (tertiary/aromatic N) is 4. The lowest BCUT2D eigenvalue weighted by Gasteiger charge is -2.24. The number of carbonyl (C=O) groups excluding carboxylic acids is 1. The summed E-state index contributed by atoms with van der Waals surface area (Å²) in [5.41, 5.74) is 0.820. The second-order valence-corrected chi connectivity index (χ2v) is 9.13. The van der Waals surface area contributed by atoms with Crippen molar-refractivity contribution < 1.29 is 9.53 Å². The van der Waals surface area contributed by atoms with E-state index >= 15 is 0 Å². The van der Waals surface area contributed by atoms with E-state index in [4.69, 9.17) is 21.9 Å². The molecule has 0 radical (unpaired) electrons. The molecule has 172 valence electrons. The number of amides is 1. The summed E-state index contributed by atoms with van der Waals surface area (Å²) in [6, 6.07) is 5.48. The zero-order valence-corrected chi connectivity index (χ0v) is 20.5. The normalized spacial score (nSPS) is 15.3. The Morgan fingerprint density at radius 1 is 1.19 bits per heavy atom. The highest BCUT2D eigenvalue weighted by molar-refractivity contribution is 8.26. The van der Waals surface area contributed by atoms with Crippen LogP contribution in [0.3, 0.4) is 0 Å². The van der Waals surface area contributed by atoms with Gasteiger partial charge >= 0.3 is 0 Å². The first kappa shape index (κ1) is 24.4. The number of hydrogen-bond acceptors (Lipinski definition) is 7. The van der Waals surface area contributed by atoms with E-state index in [0.717, 1.165) is 25.9 Å². The van der Waals surface area contributed by atoms with E-state index in [1.165, 1.54) is 16.2 Å². The molecule has 32 heavy (non-hydrogen) atoms. The van der Waals surface area contributed by atoms with Gasteiger partial charge in [-0.3, -0.25) is 18.9 Å². The Bertz CT molecular complexity index is 1060. The number of hydrogen-bond donors (Lipinski definition) is 0. The lowest BCUT2D eigenvalue weighted by Crippen LogP contribution is -2.31. The highest BCUT2D eigenvalue weighted by atomic mass is 32.2. The summed E-state index contributed by atoms with van der Waals surface area (Å²) in [6.45, 7) is 9.43. The summed E-state index contributed by atoms with van der Waals surface area (Å²) in [4.78, 5) is 35.5. The van der Waals surface area contributed by atoms with Gasteiger partial charge in [-0.2, -0.15) is 0 Å². The van der Waals surface area contributed by atoms with E-state index in [-0.39, 0.29) is 11.5 Å². The van der Waals surface area contributed by atoms with Crippen LogP contribution < -0.4 is 10.5 Å². The van der Waals surface area contributed by atoms with Gasteiger partial charge in [-0.1, -0.05) is 43.9 Å². The minimum absolute atomic E-state index is 0.169. The average Bonchev–Trinajstić information content (AvgIpc) is 3.05. The monoisotopic (exact) mass is 474 g/mol. The molecule has 1 amide bonds. The van der Waals surface area contributed by atoms with E-state index in [1.807, 2.05) is 19.1 Å². The number of carbonyl (C=O) groups is 1. The van der Waals surface area contributed by atoms with Gasteiger partial charge in [0.05, 0.1) is 10.5 Å². The number of fused-ring (bicyclic) bond motifs is 1. The molecule has 9 heteroatoms. The lowest BCUT2D eigenvalue weighted by atomic mass is 10.2. The van der Waals surface area contributed by atoms with E-state index in [0.29, 0.717) is 52.4 Å². The zero-order chi connectivity index (χ0) is 23.1. The van der Waals surface area contributed by atoms with Gasteiger partial charge in [0.1, 0.15) is 15.8 Å². The second kappa shape index (κ2) is 11.6. The molecule has 0 unspecified atom stereocenters. The first-order valence-electron chi connectivity index (χ1n) is 11.1. The van der Waals surface area contributed by atoms with Crippen LogP contribution in [0.15, 0.2) is 34.1 Å². The number of aromatic nitrogens is 2. The summed E-state index contributed by atoms with van der Waals surface area (Å²) in [7, 11) is 0. The molecule has 0 aliphatic carbocycles. The van der Waals surface area contributed by atoms with Crippen molar-refractivity contribution in [3.8, 4) is 0 Å². The maximum atomic E-state index is 13.4. The average molecular weight is 475 g/mol. The van der Waals surface area contributed by atoms with Gasteiger partial charge in [-0.05, 0) is 44.4 Å². The third-order valence-electron chi connectivity index (χ3n) is 5.06. The number of ether oxygens (including phenoxy) is 1. The van der Waals surface area contributed by atoms with Crippen molar-refractivity contribution in [3.05, 3.63) is 45.2 Å². The molecule has 0 N–H and O–H groups in total. The predicted octanol–water partition coefficient (Wildman–Crippen LogP) is 3.95. The maximum absolute atomic E-state index is 13.4. The molecule has 1 saturated heterocycles. The molecule has 1 fully saturated rings. The Balaban J connectivity index is 2.03. The SMILES string of the molecule is CCCN(CCC)c1nc2ccccn2c(=O)c1C=C1SC(=S)N(CCCOCC)C1=O. The van der Waals surface area contributed by atoms with Crippen LogP contribution in [0, 0.1) is 0 Å². The van der Waals surface area contributed by atoms with Crippen molar-refractivity contribution in [2.75, 3.05) is 37.7 Å². The molecular weight excluding hydrogens is 444 g/mol. The van der Waals surface area contributed by atoms with E-state index < -0.39 is 0 Å². The van der Waals surface area contributed by atoms with Gasteiger partial charge in [0.2, 0.25) is 0 Å². The first-order chi connectivity index (χ1) is 15.5. The lowest BCUT2D eigenvalue weighted by molar-refractivity contribution is -0.122. The van der Waals surface area contributed by atoms with Gasteiger partial charge in [-0.25, -0.2) is 4.98 Å². The maximum Gasteiger partial charge on any atom is 0.267 e. The minimum Gasteiger partial charge on any atom is -0.382 e. The van der Waals surface area contributed by atoms with Gasteiger partial charge in [0.25, 0.3) is 11.5 Å². The molecule has 0 spiro atoms.